The van der Waals surface area contributed by atoms with E-state index in [1.54, 1.807) is 6.20 Å². The summed E-state index contributed by atoms with van der Waals surface area (Å²) in [4.78, 5) is 4.11. The van der Waals surface area contributed by atoms with Crippen LogP contribution in [-0.4, -0.2) is 14.8 Å². The third-order valence-corrected chi connectivity index (χ3v) is 2.79. The monoisotopic (exact) mass is 235 g/mol. The van der Waals surface area contributed by atoms with Crippen LogP contribution in [0.4, 0.5) is 0 Å². The van der Waals surface area contributed by atoms with Gasteiger partial charge in [-0.25, -0.2) is 0 Å². The Balaban J connectivity index is 1.82. The van der Waals surface area contributed by atoms with Gasteiger partial charge in [0.1, 0.15) is 0 Å². The molecular weight excluding hydrogens is 222 g/mol. The molecule has 0 bridgehead atoms. The Kier molecular flexibility index (Phi) is 2.88. The summed E-state index contributed by atoms with van der Waals surface area (Å²) >= 11 is 0. The predicted molar refractivity (Wildman–Crippen MR) is 71.0 cm³/mol. The van der Waals surface area contributed by atoms with Gasteiger partial charge in [0.2, 0.25) is 0 Å². The van der Waals surface area contributed by atoms with Crippen molar-refractivity contribution in [2.24, 2.45) is 0 Å². The number of pyridine rings is 1. The van der Waals surface area contributed by atoms with Crippen LogP contribution in [0.25, 0.3) is 11.3 Å². The van der Waals surface area contributed by atoms with Gasteiger partial charge in [0.05, 0.1) is 12.2 Å². The molecular formula is C15H13N3. The molecule has 0 saturated heterocycles. The van der Waals surface area contributed by atoms with Crippen molar-refractivity contribution in [3.8, 4) is 11.3 Å². The summed E-state index contributed by atoms with van der Waals surface area (Å²) < 4.78 is 1.94. The Labute approximate surface area is 106 Å². The highest BCUT2D eigenvalue weighted by Crippen LogP contribution is 2.15. The van der Waals surface area contributed by atoms with Crippen LogP contribution < -0.4 is 0 Å². The first-order valence-electron chi connectivity index (χ1n) is 5.89. The van der Waals surface area contributed by atoms with E-state index >= 15 is 0 Å². The average molecular weight is 235 g/mol. The molecule has 0 aliphatic rings. The summed E-state index contributed by atoms with van der Waals surface area (Å²) in [5.41, 5.74) is 3.25. The Morgan fingerprint density at radius 3 is 2.61 bits per heavy atom. The normalized spacial score (nSPS) is 10.4. The summed E-state index contributed by atoms with van der Waals surface area (Å²) in [6.45, 7) is 0.793. The lowest BCUT2D eigenvalue weighted by Crippen LogP contribution is -1.99. The van der Waals surface area contributed by atoms with Crippen LogP contribution in [0, 0.1) is 0 Å². The lowest BCUT2D eigenvalue weighted by molar-refractivity contribution is 0.689. The van der Waals surface area contributed by atoms with Gasteiger partial charge in [0, 0.05) is 24.2 Å². The van der Waals surface area contributed by atoms with Gasteiger partial charge in [-0.2, -0.15) is 5.10 Å². The van der Waals surface area contributed by atoms with E-state index in [4.69, 9.17) is 0 Å². The van der Waals surface area contributed by atoms with Gasteiger partial charge in [-0.15, -0.1) is 0 Å². The molecule has 3 nitrogen and oxygen atoms in total. The minimum atomic E-state index is 0.793. The second-order valence-corrected chi connectivity index (χ2v) is 4.13. The van der Waals surface area contributed by atoms with E-state index in [9.17, 15) is 0 Å². The zero-order valence-electron chi connectivity index (χ0n) is 9.90. The molecule has 0 aliphatic heterocycles. The molecule has 3 heteroatoms. The van der Waals surface area contributed by atoms with Crippen molar-refractivity contribution < 1.29 is 0 Å². The van der Waals surface area contributed by atoms with Crippen LogP contribution in [0.3, 0.4) is 0 Å². The van der Waals surface area contributed by atoms with Gasteiger partial charge in [-0.1, -0.05) is 30.3 Å². The second-order valence-electron chi connectivity index (χ2n) is 4.13. The van der Waals surface area contributed by atoms with Crippen molar-refractivity contribution in [1.82, 2.24) is 14.8 Å². The number of hydrogen-bond donors (Lipinski definition) is 0. The Hall–Kier alpha value is -2.42. The highest BCUT2D eigenvalue weighted by molar-refractivity contribution is 5.56. The molecule has 0 radical (unpaired) electrons. The lowest BCUT2D eigenvalue weighted by Gasteiger charge is -2.01. The number of aromatic nitrogens is 3. The third kappa shape index (κ3) is 2.30. The van der Waals surface area contributed by atoms with Gasteiger partial charge in [-0.05, 0) is 23.8 Å². The zero-order valence-corrected chi connectivity index (χ0v) is 9.90. The quantitative estimate of drug-likeness (QED) is 0.698. The maximum Gasteiger partial charge on any atom is 0.0938 e. The standard InChI is InChI=1S/C15H13N3/c1-2-5-13(6-3-1)12-18-10-8-15(17-18)14-7-4-9-16-11-14/h1-11H,12H2. The SMILES string of the molecule is c1ccc(Cn2ccc(-c3cccnc3)n2)cc1. The fraction of sp³-hybridized carbons (Fsp3) is 0.0667. The van der Waals surface area contributed by atoms with E-state index in [1.807, 2.05) is 53.5 Å². The molecule has 0 amide bonds. The molecule has 0 aliphatic carbocycles. The molecule has 0 fully saturated rings. The van der Waals surface area contributed by atoms with E-state index in [0.29, 0.717) is 0 Å². The summed E-state index contributed by atoms with van der Waals surface area (Å²) in [5.74, 6) is 0. The highest BCUT2D eigenvalue weighted by Gasteiger charge is 2.02. The fourth-order valence-corrected chi connectivity index (χ4v) is 1.89. The van der Waals surface area contributed by atoms with Gasteiger partial charge in [0.15, 0.2) is 0 Å². The molecule has 2 aromatic heterocycles. The second kappa shape index (κ2) is 4.84. The highest BCUT2D eigenvalue weighted by atomic mass is 15.3. The fourth-order valence-electron chi connectivity index (χ4n) is 1.89. The molecule has 0 saturated carbocycles. The number of benzene rings is 1. The van der Waals surface area contributed by atoms with Gasteiger partial charge >= 0.3 is 0 Å². The van der Waals surface area contributed by atoms with E-state index in [-0.39, 0.29) is 0 Å². The summed E-state index contributed by atoms with van der Waals surface area (Å²) in [6.07, 6.45) is 5.59. The summed E-state index contributed by atoms with van der Waals surface area (Å²) in [7, 11) is 0. The summed E-state index contributed by atoms with van der Waals surface area (Å²) in [5, 5.41) is 4.55. The minimum Gasteiger partial charge on any atom is -0.268 e. The smallest absolute Gasteiger partial charge is 0.0938 e. The number of nitrogens with zero attached hydrogens (tertiary/aromatic N) is 3. The first-order valence-corrected chi connectivity index (χ1v) is 5.89. The first kappa shape index (κ1) is 10.7. The molecule has 2 heterocycles. The zero-order chi connectivity index (χ0) is 12.2. The lowest BCUT2D eigenvalue weighted by atomic mass is 10.2. The Bertz CT molecular complexity index is 615. The molecule has 0 unspecified atom stereocenters. The van der Waals surface area contributed by atoms with Crippen molar-refractivity contribution in [3.63, 3.8) is 0 Å². The maximum atomic E-state index is 4.55. The van der Waals surface area contributed by atoms with Gasteiger partial charge < -0.3 is 0 Å². The third-order valence-electron chi connectivity index (χ3n) is 2.79. The summed E-state index contributed by atoms with van der Waals surface area (Å²) in [6, 6.07) is 16.3. The number of hydrogen-bond acceptors (Lipinski definition) is 2. The Morgan fingerprint density at radius 1 is 0.944 bits per heavy atom. The maximum absolute atomic E-state index is 4.55. The topological polar surface area (TPSA) is 30.7 Å². The molecule has 3 aromatic rings. The van der Waals surface area contributed by atoms with E-state index < -0.39 is 0 Å². The molecule has 3 rings (SSSR count). The molecule has 1 aromatic carbocycles. The van der Waals surface area contributed by atoms with E-state index in [2.05, 4.69) is 22.2 Å². The van der Waals surface area contributed by atoms with Gasteiger partial charge in [-0.3, -0.25) is 9.67 Å². The number of rotatable bonds is 3. The van der Waals surface area contributed by atoms with Crippen molar-refractivity contribution in [1.29, 1.82) is 0 Å². The van der Waals surface area contributed by atoms with Crippen LogP contribution in [0.15, 0.2) is 67.1 Å². The van der Waals surface area contributed by atoms with Crippen LogP contribution >= 0.6 is 0 Å². The van der Waals surface area contributed by atoms with E-state index in [1.165, 1.54) is 5.56 Å². The average Bonchev–Trinajstić information content (AvgIpc) is 2.89. The molecule has 0 N–H and O–H groups in total. The molecule has 88 valence electrons. The Morgan fingerprint density at radius 2 is 1.83 bits per heavy atom. The largest absolute Gasteiger partial charge is 0.268 e. The first-order chi connectivity index (χ1) is 8.92. The van der Waals surface area contributed by atoms with Gasteiger partial charge in [0.25, 0.3) is 0 Å². The van der Waals surface area contributed by atoms with Crippen LogP contribution in [0.1, 0.15) is 5.56 Å². The van der Waals surface area contributed by atoms with Crippen molar-refractivity contribution in [2.75, 3.05) is 0 Å². The van der Waals surface area contributed by atoms with Crippen LogP contribution in [-0.2, 0) is 6.54 Å². The molecule has 0 atom stereocenters. The van der Waals surface area contributed by atoms with E-state index in [0.717, 1.165) is 17.8 Å². The molecule has 18 heavy (non-hydrogen) atoms. The van der Waals surface area contributed by atoms with Crippen LogP contribution in [0.5, 0.6) is 0 Å². The minimum absolute atomic E-state index is 0.793. The van der Waals surface area contributed by atoms with Crippen LogP contribution in [0.2, 0.25) is 0 Å². The predicted octanol–water partition coefficient (Wildman–Crippen LogP) is 2.99. The van der Waals surface area contributed by atoms with Crippen molar-refractivity contribution in [3.05, 3.63) is 72.7 Å². The van der Waals surface area contributed by atoms with Crippen molar-refractivity contribution in [2.45, 2.75) is 6.54 Å². The molecule has 0 spiro atoms. The van der Waals surface area contributed by atoms with Crippen molar-refractivity contribution >= 4 is 0 Å².